The normalized spacial score (nSPS) is 18.5. The van der Waals surface area contributed by atoms with E-state index in [4.69, 9.17) is 10.5 Å². The second-order valence-electron chi connectivity index (χ2n) is 7.46. The van der Waals surface area contributed by atoms with E-state index < -0.39 is 5.91 Å². The van der Waals surface area contributed by atoms with Crippen molar-refractivity contribution in [3.63, 3.8) is 0 Å². The number of pyridine rings is 1. The zero-order valence-corrected chi connectivity index (χ0v) is 17.6. The molecule has 1 aliphatic rings. The summed E-state index contributed by atoms with van der Waals surface area (Å²) in [5.74, 6) is 0.208. The zero-order valence-electron chi connectivity index (χ0n) is 15.5. The van der Waals surface area contributed by atoms with Gasteiger partial charge in [0, 0.05) is 28.4 Å². The molecule has 0 fully saturated rings. The third kappa shape index (κ3) is 3.78. The third-order valence-electron chi connectivity index (χ3n) is 4.95. The fraction of sp³-hybridized carbons (Fsp3) is 0.526. The van der Waals surface area contributed by atoms with Gasteiger partial charge in [-0.1, -0.05) is 27.2 Å². The number of hydrogen-bond donors (Lipinski definition) is 1. The topological polar surface area (TPSA) is 83.0 Å². The van der Waals surface area contributed by atoms with Crippen LogP contribution in [0.4, 0.5) is 0 Å². The molecular formula is C19H25IN4O2. The molecule has 2 aromatic heterocycles. The molecule has 0 aliphatic heterocycles. The highest BCUT2D eigenvalue weighted by Crippen LogP contribution is 2.39. The number of unbranched alkanes of at least 4 members (excludes halogenated alkanes) is 1. The number of aromatic nitrogens is 3. The molecular weight excluding hydrogens is 443 g/mol. The molecule has 0 spiro atoms. The quantitative estimate of drug-likeness (QED) is 0.521. The number of rotatable bonds is 6. The van der Waals surface area contributed by atoms with Crippen molar-refractivity contribution in [3.8, 4) is 5.82 Å². The fourth-order valence-electron chi connectivity index (χ4n) is 3.44. The Kier molecular flexibility index (Phi) is 5.67. The van der Waals surface area contributed by atoms with Gasteiger partial charge in [-0.2, -0.15) is 5.10 Å². The van der Waals surface area contributed by atoms with Crippen molar-refractivity contribution < 1.29 is 9.53 Å². The van der Waals surface area contributed by atoms with E-state index >= 15 is 0 Å². The summed E-state index contributed by atoms with van der Waals surface area (Å²) in [5, 5.41) is 4.52. The van der Waals surface area contributed by atoms with Gasteiger partial charge in [0.15, 0.2) is 11.5 Å². The van der Waals surface area contributed by atoms with Crippen molar-refractivity contribution in [2.75, 3.05) is 6.61 Å². The molecule has 0 aromatic carbocycles. The highest BCUT2D eigenvalue weighted by atomic mass is 127. The highest BCUT2D eigenvalue weighted by molar-refractivity contribution is 14.1. The lowest BCUT2D eigenvalue weighted by Crippen LogP contribution is -2.40. The molecule has 2 aromatic rings. The number of ether oxygens (including phenoxy) is 1. The van der Waals surface area contributed by atoms with Crippen molar-refractivity contribution >= 4 is 28.5 Å². The van der Waals surface area contributed by atoms with Gasteiger partial charge in [0.2, 0.25) is 0 Å². The van der Waals surface area contributed by atoms with Crippen LogP contribution in [0.5, 0.6) is 0 Å². The van der Waals surface area contributed by atoms with Crippen LogP contribution in [0.25, 0.3) is 5.82 Å². The van der Waals surface area contributed by atoms with E-state index in [9.17, 15) is 4.79 Å². The minimum absolute atomic E-state index is 0.0427. The Morgan fingerprint density at radius 1 is 1.50 bits per heavy atom. The van der Waals surface area contributed by atoms with Gasteiger partial charge in [0.05, 0.1) is 11.8 Å². The molecule has 3 rings (SSSR count). The Hall–Kier alpha value is -1.48. The first kappa shape index (κ1) is 19.3. The average Bonchev–Trinajstić information content (AvgIpc) is 2.92. The Morgan fingerprint density at radius 3 is 2.92 bits per heavy atom. The average molecular weight is 468 g/mol. The zero-order chi connectivity index (χ0) is 18.9. The molecule has 0 radical (unpaired) electrons. The summed E-state index contributed by atoms with van der Waals surface area (Å²) >= 11 is 2.24. The van der Waals surface area contributed by atoms with Crippen LogP contribution in [-0.4, -0.2) is 33.4 Å². The van der Waals surface area contributed by atoms with Gasteiger partial charge in [-0.25, -0.2) is 9.67 Å². The van der Waals surface area contributed by atoms with E-state index in [-0.39, 0.29) is 11.5 Å². The van der Waals surface area contributed by atoms with Gasteiger partial charge in [-0.3, -0.25) is 4.79 Å². The largest absolute Gasteiger partial charge is 0.377 e. The number of halogens is 1. The SMILES string of the molecule is CCCCO[C@H]1Cc2c(C(N)=O)nn(-c3cc(I)ccn3)c2CC1(C)C. The van der Waals surface area contributed by atoms with Crippen molar-refractivity contribution in [3.05, 3.63) is 38.9 Å². The van der Waals surface area contributed by atoms with E-state index in [0.717, 1.165) is 40.7 Å². The van der Waals surface area contributed by atoms with Gasteiger partial charge in [-0.15, -0.1) is 0 Å². The molecule has 0 bridgehead atoms. The summed E-state index contributed by atoms with van der Waals surface area (Å²) in [5.41, 5.74) is 7.80. The second-order valence-corrected chi connectivity index (χ2v) is 8.71. The van der Waals surface area contributed by atoms with Crippen LogP contribution in [0, 0.1) is 8.99 Å². The molecule has 140 valence electrons. The van der Waals surface area contributed by atoms with Crippen molar-refractivity contribution in [1.82, 2.24) is 14.8 Å². The lowest BCUT2D eigenvalue weighted by atomic mass is 9.73. The monoisotopic (exact) mass is 468 g/mol. The Morgan fingerprint density at radius 2 is 2.27 bits per heavy atom. The fourth-order valence-corrected chi connectivity index (χ4v) is 3.88. The van der Waals surface area contributed by atoms with Gasteiger partial charge >= 0.3 is 0 Å². The van der Waals surface area contributed by atoms with Crippen molar-refractivity contribution in [2.24, 2.45) is 11.1 Å². The second kappa shape index (κ2) is 7.64. The maximum atomic E-state index is 12.0. The van der Waals surface area contributed by atoms with Crippen molar-refractivity contribution in [2.45, 2.75) is 52.6 Å². The predicted octanol–water partition coefficient (Wildman–Crippen LogP) is 3.28. The summed E-state index contributed by atoms with van der Waals surface area (Å²) < 4.78 is 9.00. The van der Waals surface area contributed by atoms with E-state index in [1.165, 1.54) is 0 Å². The lowest BCUT2D eigenvalue weighted by molar-refractivity contribution is -0.0324. The first-order chi connectivity index (χ1) is 12.3. The Labute approximate surface area is 167 Å². The predicted molar refractivity (Wildman–Crippen MR) is 108 cm³/mol. The van der Waals surface area contributed by atoms with Crippen LogP contribution in [-0.2, 0) is 17.6 Å². The van der Waals surface area contributed by atoms with Crippen LogP contribution < -0.4 is 5.73 Å². The van der Waals surface area contributed by atoms with Gasteiger partial charge in [0.1, 0.15) is 0 Å². The molecule has 26 heavy (non-hydrogen) atoms. The maximum absolute atomic E-state index is 12.0. The van der Waals surface area contributed by atoms with E-state index in [2.05, 4.69) is 53.4 Å². The molecule has 1 atom stereocenters. The molecule has 6 nitrogen and oxygen atoms in total. The molecule has 2 N–H and O–H groups in total. The number of hydrogen-bond acceptors (Lipinski definition) is 4. The number of carbonyl (C=O) groups excluding carboxylic acids is 1. The van der Waals surface area contributed by atoms with Crippen LogP contribution in [0.2, 0.25) is 0 Å². The molecule has 0 saturated carbocycles. The Balaban J connectivity index is 2.03. The van der Waals surface area contributed by atoms with E-state index in [1.54, 1.807) is 10.9 Å². The number of primary amides is 1. The van der Waals surface area contributed by atoms with Crippen LogP contribution in [0.1, 0.15) is 55.4 Å². The molecule has 0 saturated heterocycles. The molecule has 7 heteroatoms. The van der Waals surface area contributed by atoms with Crippen LogP contribution in [0.15, 0.2) is 18.3 Å². The smallest absolute Gasteiger partial charge is 0.269 e. The number of amides is 1. The maximum Gasteiger partial charge on any atom is 0.269 e. The third-order valence-corrected chi connectivity index (χ3v) is 5.62. The lowest BCUT2D eigenvalue weighted by Gasteiger charge is -2.38. The number of carbonyl (C=O) groups is 1. The summed E-state index contributed by atoms with van der Waals surface area (Å²) in [6, 6.07) is 3.88. The van der Waals surface area contributed by atoms with Crippen LogP contribution in [0.3, 0.4) is 0 Å². The molecule has 1 amide bonds. The van der Waals surface area contributed by atoms with E-state index in [1.807, 2.05) is 12.1 Å². The van der Waals surface area contributed by atoms with Gasteiger partial charge in [-0.05, 0) is 53.0 Å². The summed E-state index contributed by atoms with van der Waals surface area (Å²) in [6.07, 6.45) is 5.33. The first-order valence-electron chi connectivity index (χ1n) is 8.97. The van der Waals surface area contributed by atoms with E-state index in [0.29, 0.717) is 17.9 Å². The van der Waals surface area contributed by atoms with Gasteiger partial charge in [0.25, 0.3) is 5.91 Å². The molecule has 1 aliphatic carbocycles. The first-order valence-corrected chi connectivity index (χ1v) is 10.1. The Bertz CT molecular complexity index is 816. The van der Waals surface area contributed by atoms with Gasteiger partial charge < -0.3 is 10.5 Å². The minimum Gasteiger partial charge on any atom is -0.377 e. The minimum atomic E-state index is -0.502. The van der Waals surface area contributed by atoms with Crippen LogP contribution >= 0.6 is 22.6 Å². The number of fused-ring (bicyclic) bond motifs is 1. The molecule has 2 heterocycles. The number of nitrogens with zero attached hydrogens (tertiary/aromatic N) is 3. The summed E-state index contributed by atoms with van der Waals surface area (Å²) in [4.78, 5) is 16.4. The highest BCUT2D eigenvalue weighted by Gasteiger charge is 2.40. The van der Waals surface area contributed by atoms with Crippen molar-refractivity contribution in [1.29, 1.82) is 0 Å². The standard InChI is InChI=1S/C19H25IN4O2/c1-4-5-8-26-15-10-13-14(11-19(15,2)3)24(23-17(13)18(21)25)16-9-12(20)6-7-22-16/h6-7,9,15H,4-5,8,10-11H2,1-3H3,(H2,21,25)/t15-/m0/s1. The summed E-state index contributed by atoms with van der Waals surface area (Å²) in [6.45, 7) is 7.29. The number of nitrogens with two attached hydrogens (primary N) is 1. The molecule has 0 unspecified atom stereocenters. The summed E-state index contributed by atoms with van der Waals surface area (Å²) in [7, 11) is 0.